The van der Waals surface area contributed by atoms with Gasteiger partial charge in [-0.3, -0.25) is 0 Å². The highest BCUT2D eigenvalue weighted by atomic mass is 19.1. The van der Waals surface area contributed by atoms with E-state index in [-0.39, 0.29) is 5.82 Å². The maximum atomic E-state index is 12.9. The lowest BCUT2D eigenvalue weighted by molar-refractivity contribution is 0.628. The fourth-order valence-corrected chi connectivity index (χ4v) is 1.94. The number of hydrogen-bond acceptors (Lipinski definition) is 2. The highest BCUT2D eigenvalue weighted by molar-refractivity contribution is 5.73. The molecular formula is C15H12FN3. The third-order valence-electron chi connectivity index (χ3n) is 2.93. The molecule has 3 aromatic rings. The van der Waals surface area contributed by atoms with E-state index in [0.29, 0.717) is 11.5 Å². The van der Waals surface area contributed by atoms with Gasteiger partial charge < -0.3 is 10.7 Å². The van der Waals surface area contributed by atoms with E-state index in [0.717, 1.165) is 16.8 Å². The van der Waals surface area contributed by atoms with Crippen LogP contribution in [0.25, 0.3) is 22.6 Å². The molecule has 3 nitrogen and oxygen atoms in total. The predicted octanol–water partition coefficient (Wildman–Crippen LogP) is 3.47. The molecule has 0 atom stereocenters. The quantitative estimate of drug-likeness (QED) is 0.687. The second kappa shape index (κ2) is 4.57. The first-order valence-electron chi connectivity index (χ1n) is 5.90. The molecule has 0 aliphatic carbocycles. The zero-order chi connectivity index (χ0) is 13.2. The Bertz CT molecular complexity index is 701. The number of rotatable bonds is 2. The number of aromatic nitrogens is 2. The molecule has 1 aromatic heterocycles. The number of anilines is 1. The van der Waals surface area contributed by atoms with Gasteiger partial charge in [-0.05, 0) is 36.4 Å². The molecule has 1 heterocycles. The molecule has 0 saturated heterocycles. The summed E-state index contributed by atoms with van der Waals surface area (Å²) in [4.78, 5) is 7.57. The van der Waals surface area contributed by atoms with Gasteiger partial charge in [0.15, 0.2) is 0 Å². The van der Waals surface area contributed by atoms with Crippen LogP contribution in [-0.2, 0) is 0 Å². The second-order valence-corrected chi connectivity index (χ2v) is 4.23. The van der Waals surface area contributed by atoms with E-state index < -0.39 is 0 Å². The van der Waals surface area contributed by atoms with Crippen LogP contribution in [0.5, 0.6) is 0 Å². The smallest absolute Gasteiger partial charge is 0.140 e. The topological polar surface area (TPSA) is 54.7 Å². The number of H-pyrrole nitrogens is 1. The molecule has 0 saturated carbocycles. The van der Waals surface area contributed by atoms with Crippen molar-refractivity contribution in [3.05, 3.63) is 60.5 Å². The van der Waals surface area contributed by atoms with E-state index in [9.17, 15) is 4.39 Å². The molecule has 3 N–H and O–H groups in total. The van der Waals surface area contributed by atoms with Gasteiger partial charge in [0.1, 0.15) is 11.6 Å². The Balaban J connectivity index is 2.00. The summed E-state index contributed by atoms with van der Waals surface area (Å²) in [6, 6.07) is 13.8. The van der Waals surface area contributed by atoms with Gasteiger partial charge in [0.05, 0.1) is 5.69 Å². The number of aromatic amines is 1. The summed E-state index contributed by atoms with van der Waals surface area (Å²) in [5, 5.41) is 0. The number of nitrogens with one attached hydrogen (secondary N) is 1. The molecule has 0 fully saturated rings. The zero-order valence-corrected chi connectivity index (χ0v) is 10.1. The molecule has 94 valence electrons. The summed E-state index contributed by atoms with van der Waals surface area (Å²) in [7, 11) is 0. The Kier molecular flexibility index (Phi) is 2.76. The average molecular weight is 253 g/mol. The molecule has 0 aliphatic rings. The number of para-hydroxylation sites is 1. The molecule has 4 heteroatoms. The predicted molar refractivity (Wildman–Crippen MR) is 73.8 cm³/mol. The molecule has 2 aromatic carbocycles. The number of nitrogen functional groups attached to an aromatic ring is 1. The largest absolute Gasteiger partial charge is 0.398 e. The summed E-state index contributed by atoms with van der Waals surface area (Å²) < 4.78 is 12.9. The van der Waals surface area contributed by atoms with Crippen molar-refractivity contribution in [1.29, 1.82) is 0 Å². The maximum absolute atomic E-state index is 12.9. The number of nitrogens with two attached hydrogens (primary N) is 1. The van der Waals surface area contributed by atoms with Crippen molar-refractivity contribution >= 4 is 5.69 Å². The Labute approximate surface area is 109 Å². The SMILES string of the molecule is Nc1ccccc1-c1nc(-c2ccc(F)cc2)c[nH]1. The normalized spacial score (nSPS) is 10.6. The van der Waals surface area contributed by atoms with Crippen LogP contribution in [0.15, 0.2) is 54.7 Å². The third-order valence-corrected chi connectivity index (χ3v) is 2.93. The summed E-state index contributed by atoms with van der Waals surface area (Å²) in [6.45, 7) is 0. The van der Waals surface area contributed by atoms with Gasteiger partial charge in [-0.25, -0.2) is 9.37 Å². The number of hydrogen-bond donors (Lipinski definition) is 2. The number of halogens is 1. The van der Waals surface area contributed by atoms with Gasteiger partial charge in [-0.1, -0.05) is 12.1 Å². The molecule has 0 unspecified atom stereocenters. The van der Waals surface area contributed by atoms with Gasteiger partial charge in [0.25, 0.3) is 0 Å². The van der Waals surface area contributed by atoms with Crippen LogP contribution in [0.1, 0.15) is 0 Å². The number of imidazole rings is 1. The van der Waals surface area contributed by atoms with Crippen LogP contribution in [0, 0.1) is 5.82 Å². The van der Waals surface area contributed by atoms with Crippen molar-refractivity contribution in [3.63, 3.8) is 0 Å². The van der Waals surface area contributed by atoms with Crippen molar-refractivity contribution in [2.75, 3.05) is 5.73 Å². The minimum atomic E-state index is -0.258. The standard InChI is InChI=1S/C15H12FN3/c16-11-7-5-10(6-8-11)14-9-18-15(19-14)12-3-1-2-4-13(12)17/h1-9H,17H2,(H,18,19). The van der Waals surface area contributed by atoms with Crippen molar-refractivity contribution in [2.24, 2.45) is 0 Å². The molecule has 0 radical (unpaired) electrons. The fourth-order valence-electron chi connectivity index (χ4n) is 1.94. The van der Waals surface area contributed by atoms with Gasteiger partial charge in [0.2, 0.25) is 0 Å². The minimum absolute atomic E-state index is 0.258. The van der Waals surface area contributed by atoms with E-state index in [1.54, 1.807) is 18.3 Å². The van der Waals surface area contributed by atoms with Crippen molar-refractivity contribution in [1.82, 2.24) is 9.97 Å². The Morgan fingerprint density at radius 1 is 1.00 bits per heavy atom. The number of nitrogens with zero attached hydrogens (tertiary/aromatic N) is 1. The second-order valence-electron chi connectivity index (χ2n) is 4.23. The highest BCUT2D eigenvalue weighted by Crippen LogP contribution is 2.25. The molecule has 3 rings (SSSR count). The minimum Gasteiger partial charge on any atom is -0.398 e. The lowest BCUT2D eigenvalue weighted by Crippen LogP contribution is -1.90. The van der Waals surface area contributed by atoms with E-state index in [2.05, 4.69) is 9.97 Å². The van der Waals surface area contributed by atoms with Crippen LogP contribution in [0.2, 0.25) is 0 Å². The summed E-state index contributed by atoms with van der Waals surface area (Å²) in [6.07, 6.45) is 1.79. The first-order chi connectivity index (χ1) is 9.24. The van der Waals surface area contributed by atoms with Crippen LogP contribution < -0.4 is 5.73 Å². The average Bonchev–Trinajstić information content (AvgIpc) is 2.89. The Morgan fingerprint density at radius 3 is 2.47 bits per heavy atom. The highest BCUT2D eigenvalue weighted by Gasteiger charge is 2.08. The van der Waals surface area contributed by atoms with E-state index in [4.69, 9.17) is 5.73 Å². The van der Waals surface area contributed by atoms with Crippen molar-refractivity contribution in [3.8, 4) is 22.6 Å². The summed E-state index contributed by atoms with van der Waals surface area (Å²) in [5.74, 6) is 0.448. The van der Waals surface area contributed by atoms with Crippen molar-refractivity contribution in [2.45, 2.75) is 0 Å². The van der Waals surface area contributed by atoms with Gasteiger partial charge >= 0.3 is 0 Å². The van der Waals surface area contributed by atoms with E-state index in [1.807, 2.05) is 24.3 Å². The Morgan fingerprint density at radius 2 is 1.74 bits per heavy atom. The first-order valence-corrected chi connectivity index (χ1v) is 5.90. The monoisotopic (exact) mass is 253 g/mol. The van der Waals surface area contributed by atoms with Gasteiger partial charge in [-0.2, -0.15) is 0 Å². The molecular weight excluding hydrogens is 241 g/mol. The Hall–Kier alpha value is -2.62. The van der Waals surface area contributed by atoms with Crippen LogP contribution in [-0.4, -0.2) is 9.97 Å². The maximum Gasteiger partial charge on any atom is 0.140 e. The van der Waals surface area contributed by atoms with E-state index >= 15 is 0 Å². The van der Waals surface area contributed by atoms with Crippen molar-refractivity contribution < 1.29 is 4.39 Å². The molecule has 0 amide bonds. The number of benzene rings is 2. The third kappa shape index (κ3) is 2.20. The summed E-state index contributed by atoms with van der Waals surface area (Å²) in [5.41, 5.74) is 9.06. The molecule has 0 aliphatic heterocycles. The zero-order valence-electron chi connectivity index (χ0n) is 10.1. The molecule has 0 bridgehead atoms. The molecule has 19 heavy (non-hydrogen) atoms. The van der Waals surface area contributed by atoms with Crippen LogP contribution in [0.3, 0.4) is 0 Å². The van der Waals surface area contributed by atoms with Crippen LogP contribution in [0.4, 0.5) is 10.1 Å². The van der Waals surface area contributed by atoms with Crippen LogP contribution >= 0.6 is 0 Å². The summed E-state index contributed by atoms with van der Waals surface area (Å²) >= 11 is 0. The first kappa shape index (κ1) is 11.5. The lowest BCUT2D eigenvalue weighted by atomic mass is 10.1. The van der Waals surface area contributed by atoms with Gasteiger partial charge in [-0.15, -0.1) is 0 Å². The van der Waals surface area contributed by atoms with Gasteiger partial charge in [0, 0.05) is 23.0 Å². The fraction of sp³-hybridized carbons (Fsp3) is 0. The van der Waals surface area contributed by atoms with E-state index in [1.165, 1.54) is 12.1 Å². The molecule has 0 spiro atoms. The lowest BCUT2D eigenvalue weighted by Gasteiger charge is -2.00.